The van der Waals surface area contributed by atoms with E-state index in [-0.39, 0.29) is 0 Å². The molecule has 6 heavy (non-hydrogen) atoms. The average Bonchev–Trinajstić information content (AvgIpc) is 1.86. The van der Waals surface area contributed by atoms with Crippen molar-refractivity contribution in [3.8, 4) is 0 Å². The van der Waals surface area contributed by atoms with Crippen molar-refractivity contribution in [3.63, 3.8) is 0 Å². The van der Waals surface area contributed by atoms with Crippen molar-refractivity contribution in [2.24, 2.45) is 0 Å². The van der Waals surface area contributed by atoms with Gasteiger partial charge < -0.3 is 0 Å². The first-order chi connectivity index (χ1) is 2.89. The Balaban J connectivity index is 2.45. The molecular weight excluding hydrogens is 69.7 g/mol. The molecule has 0 aromatic carbocycles. The zero-order valence-electron chi connectivity index (χ0n) is 4.07. The Hall–Kier alpha value is -0.000130. The Morgan fingerprint density at radius 3 is 2.50 bits per heavy atom. The van der Waals surface area contributed by atoms with E-state index in [4.69, 9.17) is 0 Å². The molecule has 0 aliphatic carbocycles. The maximum atomic E-state index is 2.26. The summed E-state index contributed by atoms with van der Waals surface area (Å²) in [5.41, 5.74) is 0. The molecule has 1 aliphatic rings. The Morgan fingerprint density at radius 2 is 2.33 bits per heavy atom. The minimum atomic E-state index is 1.27. The standard InChI is InChI=1S/C4H7B2/c1-4-5-2-3-6-4/h2-3H2,1H3. The third kappa shape index (κ3) is 0.735. The van der Waals surface area contributed by atoms with Crippen molar-refractivity contribution in [2.75, 3.05) is 0 Å². The molecule has 2 heteroatoms. The fourth-order valence-corrected chi connectivity index (χ4v) is 0.705. The predicted molar refractivity (Wildman–Crippen MR) is 31.8 cm³/mol. The van der Waals surface area contributed by atoms with Crippen LogP contribution in [0.3, 0.4) is 0 Å². The van der Waals surface area contributed by atoms with E-state index in [1.165, 1.54) is 18.0 Å². The summed E-state index contributed by atoms with van der Waals surface area (Å²) >= 11 is 0. The molecule has 0 N–H and O–H groups in total. The molecule has 0 nitrogen and oxygen atoms in total. The van der Waals surface area contributed by atoms with Gasteiger partial charge in [0.1, 0.15) is 0 Å². The van der Waals surface area contributed by atoms with Gasteiger partial charge in [-0.05, 0) is 0 Å². The summed E-state index contributed by atoms with van der Waals surface area (Å²) in [6, 6.07) is 0. The van der Waals surface area contributed by atoms with Crippen molar-refractivity contribution < 1.29 is 0 Å². The van der Waals surface area contributed by atoms with Crippen molar-refractivity contribution in [1.82, 2.24) is 0 Å². The molecule has 0 aromatic heterocycles. The van der Waals surface area contributed by atoms with Crippen molar-refractivity contribution in [2.45, 2.75) is 19.6 Å². The average molecular weight is 76.7 g/mol. The van der Waals surface area contributed by atoms with Crippen molar-refractivity contribution in [1.29, 1.82) is 0 Å². The van der Waals surface area contributed by atoms with Crippen molar-refractivity contribution in [3.05, 3.63) is 0 Å². The summed E-state index contributed by atoms with van der Waals surface area (Å²) in [5.74, 6) is 0. The molecule has 0 saturated heterocycles. The molecule has 0 aromatic rings. The van der Waals surface area contributed by atoms with E-state index in [9.17, 15) is 0 Å². The summed E-state index contributed by atoms with van der Waals surface area (Å²) in [7, 11) is 2.26. The van der Waals surface area contributed by atoms with E-state index in [1.807, 2.05) is 0 Å². The van der Waals surface area contributed by atoms with Crippen LogP contribution >= 0.6 is 0 Å². The van der Waals surface area contributed by atoms with Crippen LogP contribution in [0.4, 0.5) is 0 Å². The maximum absolute atomic E-state index is 2.26. The molecule has 1 heterocycles. The number of rotatable bonds is 0. The first-order valence-corrected chi connectivity index (χ1v) is 2.39. The van der Waals surface area contributed by atoms with Crippen LogP contribution in [-0.4, -0.2) is 19.6 Å². The Labute approximate surface area is 40.1 Å². The Bertz CT molecular complexity index is 75.6. The molecule has 0 amide bonds. The van der Waals surface area contributed by atoms with Crippen LogP contribution in [-0.2, 0) is 0 Å². The van der Waals surface area contributed by atoms with Crippen LogP contribution in [0.2, 0.25) is 12.6 Å². The SMILES string of the molecule is CC1=BCC[B]1. The molecule has 1 rings (SSSR count). The van der Waals surface area contributed by atoms with Gasteiger partial charge in [0.15, 0.2) is 0 Å². The summed E-state index contributed by atoms with van der Waals surface area (Å²) in [6.07, 6.45) is 2.54. The van der Waals surface area contributed by atoms with E-state index in [1.54, 1.807) is 0 Å². The molecule has 0 fully saturated rings. The predicted octanol–water partition coefficient (Wildman–Crippen LogP) is 0.395. The monoisotopic (exact) mass is 77.1 g/mol. The first kappa shape index (κ1) is 4.17. The normalized spacial score (nSPS) is 18.5. The quantitative estimate of drug-likeness (QED) is 0.367. The molecular formula is C4H7B2. The van der Waals surface area contributed by atoms with E-state index >= 15 is 0 Å². The van der Waals surface area contributed by atoms with E-state index in [0.29, 0.717) is 0 Å². The second-order valence-electron chi connectivity index (χ2n) is 1.73. The second kappa shape index (κ2) is 1.63. The summed E-state index contributed by atoms with van der Waals surface area (Å²) in [6.45, 7) is 4.41. The van der Waals surface area contributed by atoms with E-state index in [2.05, 4.69) is 21.1 Å². The van der Waals surface area contributed by atoms with Gasteiger partial charge >= 0.3 is 39.1 Å². The molecule has 1 aliphatic heterocycles. The number of hydrogen-bond acceptors (Lipinski definition) is 0. The van der Waals surface area contributed by atoms with Crippen LogP contribution in [0.1, 0.15) is 6.92 Å². The van der Waals surface area contributed by atoms with Gasteiger partial charge in [0.25, 0.3) is 0 Å². The fourth-order valence-electron chi connectivity index (χ4n) is 0.705. The zero-order chi connectivity index (χ0) is 4.41. The summed E-state index contributed by atoms with van der Waals surface area (Å²) in [5, 5.41) is 1.45. The van der Waals surface area contributed by atoms with Gasteiger partial charge in [0.05, 0.1) is 0 Å². The molecule has 0 unspecified atom stereocenters. The van der Waals surface area contributed by atoms with E-state index in [0.717, 1.165) is 0 Å². The van der Waals surface area contributed by atoms with Crippen molar-refractivity contribution >= 4 is 19.6 Å². The Morgan fingerprint density at radius 1 is 1.50 bits per heavy atom. The van der Waals surface area contributed by atoms with Gasteiger partial charge in [0, 0.05) is 0 Å². The summed E-state index contributed by atoms with van der Waals surface area (Å²) < 4.78 is 0. The van der Waals surface area contributed by atoms with E-state index < -0.39 is 0 Å². The van der Waals surface area contributed by atoms with Gasteiger partial charge in [-0.1, -0.05) is 0 Å². The minimum absolute atomic E-state index is 1.27. The number of hydrogen-bond donors (Lipinski definition) is 0. The fraction of sp³-hybridized carbons (Fsp3) is 0.750. The van der Waals surface area contributed by atoms with Gasteiger partial charge in [-0.2, -0.15) is 0 Å². The second-order valence-corrected chi connectivity index (χ2v) is 1.73. The molecule has 0 spiro atoms. The van der Waals surface area contributed by atoms with Crippen LogP contribution in [0.5, 0.6) is 0 Å². The topological polar surface area (TPSA) is 0 Å². The molecule has 0 bridgehead atoms. The van der Waals surface area contributed by atoms with Crippen LogP contribution in [0.15, 0.2) is 0 Å². The zero-order valence-corrected chi connectivity index (χ0v) is 4.07. The molecule has 0 saturated carbocycles. The summed E-state index contributed by atoms with van der Waals surface area (Å²) in [4.78, 5) is 0. The third-order valence-electron chi connectivity index (χ3n) is 1.10. The van der Waals surface area contributed by atoms with Gasteiger partial charge in [0.2, 0.25) is 0 Å². The molecule has 0 atom stereocenters. The molecule has 29 valence electrons. The van der Waals surface area contributed by atoms with Crippen LogP contribution < -0.4 is 0 Å². The third-order valence-corrected chi connectivity index (χ3v) is 1.10. The molecule has 1 radical (unpaired) electrons. The van der Waals surface area contributed by atoms with Gasteiger partial charge in [-0.3, -0.25) is 0 Å². The first-order valence-electron chi connectivity index (χ1n) is 2.39. The van der Waals surface area contributed by atoms with Gasteiger partial charge in [-0.15, -0.1) is 0 Å². The Kier molecular flexibility index (Phi) is 1.13. The van der Waals surface area contributed by atoms with Crippen LogP contribution in [0, 0.1) is 0 Å². The van der Waals surface area contributed by atoms with Crippen LogP contribution in [0.25, 0.3) is 0 Å². The van der Waals surface area contributed by atoms with Gasteiger partial charge in [-0.25, -0.2) is 0 Å².